The molecule has 0 saturated carbocycles. The topological polar surface area (TPSA) is 49.6 Å². The van der Waals surface area contributed by atoms with Crippen molar-refractivity contribution in [3.63, 3.8) is 0 Å². The molecule has 4 nitrogen and oxygen atoms in total. The summed E-state index contributed by atoms with van der Waals surface area (Å²) in [6.45, 7) is 3.24. The smallest absolute Gasteiger partial charge is 0.248 e. The third-order valence-electron chi connectivity index (χ3n) is 3.93. The van der Waals surface area contributed by atoms with Gasteiger partial charge in [-0.05, 0) is 57.7 Å². The second kappa shape index (κ2) is 6.17. The van der Waals surface area contributed by atoms with Crippen LogP contribution in [0.5, 0.6) is 0 Å². The van der Waals surface area contributed by atoms with Crippen LogP contribution in [0.25, 0.3) is 0 Å². The molecule has 0 aliphatic carbocycles. The van der Waals surface area contributed by atoms with Gasteiger partial charge in [-0.2, -0.15) is 0 Å². The second-order valence-electron chi connectivity index (χ2n) is 5.53. The fourth-order valence-electron chi connectivity index (χ4n) is 2.63. The van der Waals surface area contributed by atoms with Gasteiger partial charge in [-0.3, -0.25) is 9.69 Å². The number of primary amides is 1. The van der Waals surface area contributed by atoms with Crippen molar-refractivity contribution in [2.75, 3.05) is 27.2 Å². The molecule has 1 saturated heterocycles. The van der Waals surface area contributed by atoms with Crippen LogP contribution in [0, 0.1) is 0 Å². The molecule has 1 aromatic carbocycles. The highest BCUT2D eigenvalue weighted by molar-refractivity contribution is 5.92. The summed E-state index contributed by atoms with van der Waals surface area (Å²) in [4.78, 5) is 15.8. The maximum atomic E-state index is 11.0. The number of hydrogen-bond donors (Lipinski definition) is 1. The van der Waals surface area contributed by atoms with Crippen LogP contribution in [-0.2, 0) is 6.54 Å². The van der Waals surface area contributed by atoms with E-state index in [-0.39, 0.29) is 5.91 Å². The maximum absolute atomic E-state index is 11.0. The molecule has 0 bridgehead atoms. The molecule has 19 heavy (non-hydrogen) atoms. The van der Waals surface area contributed by atoms with Crippen LogP contribution in [0.2, 0.25) is 0 Å². The van der Waals surface area contributed by atoms with E-state index in [1.807, 2.05) is 24.3 Å². The van der Waals surface area contributed by atoms with Crippen LogP contribution in [0.15, 0.2) is 24.3 Å². The van der Waals surface area contributed by atoms with E-state index < -0.39 is 0 Å². The number of benzene rings is 1. The summed E-state index contributed by atoms with van der Waals surface area (Å²) in [6, 6.07) is 8.33. The lowest BCUT2D eigenvalue weighted by Gasteiger charge is -2.35. The molecule has 1 fully saturated rings. The SMILES string of the molecule is CN(C)C1CCN(Cc2ccc(C(N)=O)cc2)CC1. The van der Waals surface area contributed by atoms with E-state index in [9.17, 15) is 4.79 Å². The molecule has 1 amide bonds. The highest BCUT2D eigenvalue weighted by Crippen LogP contribution is 2.16. The zero-order valence-electron chi connectivity index (χ0n) is 11.8. The Bertz CT molecular complexity index is 420. The number of hydrogen-bond acceptors (Lipinski definition) is 3. The van der Waals surface area contributed by atoms with Gasteiger partial charge in [-0.1, -0.05) is 12.1 Å². The summed E-state index contributed by atoms with van der Waals surface area (Å²) in [7, 11) is 4.31. The van der Waals surface area contributed by atoms with E-state index in [1.165, 1.54) is 18.4 Å². The Morgan fingerprint density at radius 3 is 2.32 bits per heavy atom. The highest BCUT2D eigenvalue weighted by Gasteiger charge is 2.20. The number of carbonyl (C=O) groups is 1. The summed E-state index contributed by atoms with van der Waals surface area (Å²) in [5.41, 5.74) is 7.06. The van der Waals surface area contributed by atoms with E-state index in [4.69, 9.17) is 5.73 Å². The van der Waals surface area contributed by atoms with Crippen LogP contribution in [0.3, 0.4) is 0 Å². The number of nitrogens with zero attached hydrogens (tertiary/aromatic N) is 2. The van der Waals surface area contributed by atoms with Crippen molar-refractivity contribution in [3.05, 3.63) is 35.4 Å². The van der Waals surface area contributed by atoms with Crippen molar-refractivity contribution in [3.8, 4) is 0 Å². The van der Waals surface area contributed by atoms with Crippen molar-refractivity contribution in [2.24, 2.45) is 5.73 Å². The fourth-order valence-corrected chi connectivity index (χ4v) is 2.63. The molecular weight excluding hydrogens is 238 g/mol. The lowest BCUT2D eigenvalue weighted by molar-refractivity contribution is 0.1000. The van der Waals surface area contributed by atoms with Crippen molar-refractivity contribution in [1.29, 1.82) is 0 Å². The van der Waals surface area contributed by atoms with Crippen LogP contribution >= 0.6 is 0 Å². The van der Waals surface area contributed by atoms with Crippen LogP contribution in [0.4, 0.5) is 0 Å². The van der Waals surface area contributed by atoms with E-state index >= 15 is 0 Å². The molecule has 0 radical (unpaired) electrons. The van der Waals surface area contributed by atoms with Crippen molar-refractivity contribution in [2.45, 2.75) is 25.4 Å². The van der Waals surface area contributed by atoms with Gasteiger partial charge in [-0.15, -0.1) is 0 Å². The lowest BCUT2D eigenvalue weighted by Crippen LogP contribution is -2.41. The van der Waals surface area contributed by atoms with Crippen molar-refractivity contribution >= 4 is 5.91 Å². The van der Waals surface area contributed by atoms with E-state index in [0.29, 0.717) is 11.6 Å². The van der Waals surface area contributed by atoms with Gasteiger partial charge in [0.05, 0.1) is 0 Å². The molecule has 0 atom stereocenters. The number of rotatable bonds is 4. The molecule has 1 aliphatic heterocycles. The summed E-state index contributed by atoms with van der Waals surface area (Å²) in [5.74, 6) is -0.363. The van der Waals surface area contributed by atoms with E-state index in [2.05, 4.69) is 23.9 Å². The first-order valence-electron chi connectivity index (χ1n) is 6.84. The first kappa shape index (κ1) is 14.0. The van der Waals surface area contributed by atoms with Gasteiger partial charge in [0.25, 0.3) is 0 Å². The Kier molecular flexibility index (Phi) is 4.56. The number of likely N-dealkylation sites (tertiary alicyclic amines) is 1. The molecule has 0 aromatic heterocycles. The predicted octanol–water partition coefficient (Wildman–Crippen LogP) is 1.31. The molecule has 4 heteroatoms. The largest absolute Gasteiger partial charge is 0.366 e. The number of carbonyl (C=O) groups excluding carboxylic acids is 1. The van der Waals surface area contributed by atoms with Crippen LogP contribution in [-0.4, -0.2) is 48.9 Å². The quantitative estimate of drug-likeness (QED) is 0.889. The third kappa shape index (κ3) is 3.78. The van der Waals surface area contributed by atoms with Gasteiger partial charge in [0.1, 0.15) is 0 Å². The molecule has 2 N–H and O–H groups in total. The van der Waals surface area contributed by atoms with Crippen LogP contribution < -0.4 is 5.73 Å². The first-order chi connectivity index (χ1) is 9.06. The molecule has 104 valence electrons. The monoisotopic (exact) mass is 261 g/mol. The molecule has 1 aliphatic rings. The summed E-state index contributed by atoms with van der Waals surface area (Å²) in [5, 5.41) is 0. The molecule has 0 spiro atoms. The van der Waals surface area contributed by atoms with Crippen LogP contribution in [0.1, 0.15) is 28.8 Å². The highest BCUT2D eigenvalue weighted by atomic mass is 16.1. The second-order valence-corrected chi connectivity index (χ2v) is 5.53. The summed E-state index contributed by atoms with van der Waals surface area (Å²) in [6.07, 6.45) is 2.46. The molecule has 1 aromatic rings. The van der Waals surface area contributed by atoms with Crippen molar-refractivity contribution < 1.29 is 4.79 Å². The Balaban J connectivity index is 1.87. The average Bonchev–Trinajstić information content (AvgIpc) is 2.40. The van der Waals surface area contributed by atoms with E-state index in [1.54, 1.807) is 0 Å². The van der Waals surface area contributed by atoms with Gasteiger partial charge >= 0.3 is 0 Å². The molecule has 1 heterocycles. The minimum atomic E-state index is -0.363. The van der Waals surface area contributed by atoms with E-state index in [0.717, 1.165) is 19.6 Å². The van der Waals surface area contributed by atoms with Gasteiger partial charge in [0.2, 0.25) is 5.91 Å². The van der Waals surface area contributed by atoms with Gasteiger partial charge < -0.3 is 10.6 Å². The van der Waals surface area contributed by atoms with Gasteiger partial charge in [0, 0.05) is 18.2 Å². The Labute approximate surface area is 115 Å². The number of nitrogens with two attached hydrogens (primary N) is 1. The minimum Gasteiger partial charge on any atom is -0.366 e. The Morgan fingerprint density at radius 2 is 1.84 bits per heavy atom. The molecular formula is C15H23N3O. The zero-order valence-corrected chi connectivity index (χ0v) is 11.8. The standard InChI is InChI=1S/C15H23N3O/c1-17(2)14-7-9-18(10-8-14)11-12-3-5-13(6-4-12)15(16)19/h3-6,14H,7-11H2,1-2H3,(H2,16,19). The van der Waals surface area contributed by atoms with Crippen molar-refractivity contribution in [1.82, 2.24) is 9.80 Å². The summed E-state index contributed by atoms with van der Waals surface area (Å²) < 4.78 is 0. The average molecular weight is 261 g/mol. The number of amides is 1. The van der Waals surface area contributed by atoms with Gasteiger partial charge in [0.15, 0.2) is 0 Å². The zero-order chi connectivity index (χ0) is 13.8. The fraction of sp³-hybridized carbons (Fsp3) is 0.533. The molecule has 2 rings (SSSR count). The predicted molar refractivity (Wildman–Crippen MR) is 76.9 cm³/mol. The Hall–Kier alpha value is -1.39. The van der Waals surface area contributed by atoms with Gasteiger partial charge in [-0.25, -0.2) is 0 Å². The third-order valence-corrected chi connectivity index (χ3v) is 3.93. The lowest BCUT2D eigenvalue weighted by atomic mass is 10.0. The first-order valence-corrected chi connectivity index (χ1v) is 6.84. The Morgan fingerprint density at radius 1 is 1.26 bits per heavy atom. The molecule has 0 unspecified atom stereocenters. The number of piperidine rings is 1. The normalized spacial score (nSPS) is 17.8. The summed E-state index contributed by atoms with van der Waals surface area (Å²) >= 11 is 0. The minimum absolute atomic E-state index is 0.363. The maximum Gasteiger partial charge on any atom is 0.248 e.